The standard InChI is InChI=1S/C25H24ClF3N4O4/c1-15(17-5-3-6-19(13-17)37-25(27,28)29)21-30-22-20(33(21)14-16-7-9-18(26)10-8-16)23(35)32(11-4-12-34)24(36)31(22)2/h3,5-10,13,15,34H,4,11-12,14H2,1-2H3. The Labute approximate surface area is 214 Å². The van der Waals surface area contributed by atoms with Crippen LogP contribution in [0.2, 0.25) is 5.02 Å². The lowest BCUT2D eigenvalue weighted by atomic mass is 10.00. The lowest BCUT2D eigenvalue weighted by molar-refractivity contribution is -0.274. The number of rotatable bonds is 8. The minimum atomic E-state index is -4.85. The molecule has 4 rings (SSSR count). The van der Waals surface area contributed by atoms with E-state index in [2.05, 4.69) is 9.72 Å². The van der Waals surface area contributed by atoms with Crippen LogP contribution < -0.4 is 16.0 Å². The maximum Gasteiger partial charge on any atom is 0.573 e. The second-order valence-electron chi connectivity index (χ2n) is 8.57. The van der Waals surface area contributed by atoms with E-state index in [1.165, 1.54) is 29.8 Å². The van der Waals surface area contributed by atoms with Gasteiger partial charge in [-0.25, -0.2) is 9.78 Å². The molecule has 0 aliphatic carbocycles. The monoisotopic (exact) mass is 536 g/mol. The highest BCUT2D eigenvalue weighted by Gasteiger charge is 2.31. The van der Waals surface area contributed by atoms with Gasteiger partial charge in [-0.3, -0.25) is 13.9 Å². The quantitative estimate of drug-likeness (QED) is 0.367. The van der Waals surface area contributed by atoms with Crippen molar-refractivity contribution in [2.45, 2.75) is 38.7 Å². The van der Waals surface area contributed by atoms with Gasteiger partial charge >= 0.3 is 12.1 Å². The summed E-state index contributed by atoms with van der Waals surface area (Å²) in [6, 6.07) is 12.5. The Kier molecular flexibility index (Phi) is 7.47. The first-order valence-electron chi connectivity index (χ1n) is 11.4. The fraction of sp³-hybridized carbons (Fsp3) is 0.320. The van der Waals surface area contributed by atoms with Crippen molar-refractivity contribution in [3.63, 3.8) is 0 Å². The van der Waals surface area contributed by atoms with E-state index in [0.29, 0.717) is 16.4 Å². The van der Waals surface area contributed by atoms with Gasteiger partial charge in [0.05, 0.1) is 0 Å². The molecule has 196 valence electrons. The van der Waals surface area contributed by atoms with Crippen LogP contribution in [0.25, 0.3) is 11.2 Å². The van der Waals surface area contributed by atoms with E-state index in [-0.39, 0.29) is 43.0 Å². The first-order valence-corrected chi connectivity index (χ1v) is 11.8. The number of imidazole rings is 1. The number of fused-ring (bicyclic) bond motifs is 1. The SMILES string of the molecule is CC(c1cccc(OC(F)(F)F)c1)c1nc2c(c(=O)n(CCCO)c(=O)n2C)n1Cc1ccc(Cl)cc1. The van der Waals surface area contributed by atoms with Crippen LogP contribution in [0.15, 0.2) is 58.1 Å². The number of aryl methyl sites for hydroxylation is 1. The van der Waals surface area contributed by atoms with Crippen molar-refractivity contribution < 1.29 is 23.0 Å². The third kappa shape index (κ3) is 5.57. The van der Waals surface area contributed by atoms with E-state index >= 15 is 0 Å². The van der Waals surface area contributed by atoms with Crippen molar-refractivity contribution >= 4 is 22.8 Å². The van der Waals surface area contributed by atoms with Gasteiger partial charge in [-0.1, -0.05) is 42.8 Å². The Hall–Kier alpha value is -3.57. The van der Waals surface area contributed by atoms with Crippen LogP contribution in [0.1, 0.15) is 36.2 Å². The minimum Gasteiger partial charge on any atom is -0.406 e. The molecule has 4 aromatic rings. The number of hydrogen-bond acceptors (Lipinski definition) is 5. The van der Waals surface area contributed by atoms with E-state index in [9.17, 15) is 27.9 Å². The number of halogens is 4. The highest BCUT2D eigenvalue weighted by molar-refractivity contribution is 6.30. The van der Waals surface area contributed by atoms with Crippen molar-refractivity contribution in [3.8, 4) is 5.75 Å². The van der Waals surface area contributed by atoms with Crippen LogP contribution in [0.3, 0.4) is 0 Å². The Morgan fingerprint density at radius 1 is 1.11 bits per heavy atom. The van der Waals surface area contributed by atoms with E-state index in [4.69, 9.17) is 11.6 Å². The maximum absolute atomic E-state index is 13.5. The lowest BCUT2D eigenvalue weighted by Gasteiger charge is -2.17. The number of alkyl halides is 3. The molecule has 0 fully saturated rings. The van der Waals surface area contributed by atoms with Crippen LogP contribution in [-0.4, -0.2) is 36.8 Å². The number of aliphatic hydroxyl groups is 1. The van der Waals surface area contributed by atoms with Gasteiger partial charge in [0.1, 0.15) is 11.6 Å². The topological polar surface area (TPSA) is 91.3 Å². The molecule has 8 nitrogen and oxygen atoms in total. The van der Waals surface area contributed by atoms with Crippen molar-refractivity contribution in [1.29, 1.82) is 0 Å². The molecule has 0 amide bonds. The largest absolute Gasteiger partial charge is 0.573 e. The van der Waals surface area contributed by atoms with Gasteiger partial charge in [-0.15, -0.1) is 13.2 Å². The van der Waals surface area contributed by atoms with Crippen LogP contribution in [0, 0.1) is 0 Å². The zero-order valence-corrected chi connectivity index (χ0v) is 20.8. The number of benzene rings is 2. The zero-order chi connectivity index (χ0) is 26.9. The molecule has 0 bridgehead atoms. The molecule has 0 aliphatic heterocycles. The van der Waals surface area contributed by atoms with Gasteiger partial charge in [0, 0.05) is 37.7 Å². The van der Waals surface area contributed by atoms with Gasteiger partial charge in [-0.2, -0.15) is 0 Å². The highest BCUT2D eigenvalue weighted by atomic mass is 35.5. The molecule has 2 aromatic heterocycles. The third-order valence-corrected chi connectivity index (χ3v) is 6.29. The second-order valence-corrected chi connectivity index (χ2v) is 9.01. The van der Waals surface area contributed by atoms with Crippen molar-refractivity contribution in [3.05, 3.63) is 91.3 Å². The summed E-state index contributed by atoms with van der Waals surface area (Å²) in [6.45, 7) is 1.76. The smallest absolute Gasteiger partial charge is 0.406 e. The van der Waals surface area contributed by atoms with Crippen molar-refractivity contribution in [2.24, 2.45) is 7.05 Å². The van der Waals surface area contributed by atoms with E-state index in [1.54, 1.807) is 41.8 Å². The Morgan fingerprint density at radius 3 is 2.46 bits per heavy atom. The molecule has 0 radical (unpaired) electrons. The molecule has 37 heavy (non-hydrogen) atoms. The predicted octanol–water partition coefficient (Wildman–Crippen LogP) is 4.03. The van der Waals surface area contributed by atoms with Gasteiger partial charge in [0.2, 0.25) is 0 Å². The van der Waals surface area contributed by atoms with Crippen LogP contribution in [0.4, 0.5) is 13.2 Å². The van der Waals surface area contributed by atoms with Gasteiger partial charge in [-0.05, 0) is 41.8 Å². The molecule has 2 aromatic carbocycles. The van der Waals surface area contributed by atoms with Gasteiger partial charge < -0.3 is 14.4 Å². The predicted molar refractivity (Wildman–Crippen MR) is 132 cm³/mol. The summed E-state index contributed by atoms with van der Waals surface area (Å²) < 4.78 is 46.4. The minimum absolute atomic E-state index is 0.0196. The molecule has 0 saturated heterocycles. The number of ether oxygens (including phenoxy) is 1. The molecular formula is C25H24ClF3N4O4. The number of nitrogens with zero attached hydrogens (tertiary/aromatic N) is 4. The van der Waals surface area contributed by atoms with E-state index in [1.807, 2.05) is 0 Å². The Morgan fingerprint density at radius 2 is 1.81 bits per heavy atom. The van der Waals surface area contributed by atoms with Crippen LogP contribution >= 0.6 is 11.6 Å². The summed E-state index contributed by atoms with van der Waals surface area (Å²) in [4.78, 5) is 31.0. The zero-order valence-electron chi connectivity index (χ0n) is 20.0. The summed E-state index contributed by atoms with van der Waals surface area (Å²) >= 11 is 6.02. The summed E-state index contributed by atoms with van der Waals surface area (Å²) in [6.07, 6.45) is -4.64. The van der Waals surface area contributed by atoms with Crippen molar-refractivity contribution in [2.75, 3.05) is 6.61 Å². The number of hydrogen-bond donors (Lipinski definition) is 1. The van der Waals surface area contributed by atoms with Crippen LogP contribution in [-0.2, 0) is 20.1 Å². The summed E-state index contributed by atoms with van der Waals surface area (Å²) in [5.41, 5.74) is 0.428. The molecule has 0 spiro atoms. The summed E-state index contributed by atoms with van der Waals surface area (Å²) in [5, 5.41) is 9.76. The number of aromatic nitrogens is 4. The van der Waals surface area contributed by atoms with Gasteiger partial charge in [0.25, 0.3) is 5.56 Å². The Balaban J connectivity index is 1.92. The van der Waals surface area contributed by atoms with E-state index in [0.717, 1.165) is 10.1 Å². The molecule has 0 saturated carbocycles. The molecule has 2 heterocycles. The third-order valence-electron chi connectivity index (χ3n) is 6.03. The fourth-order valence-electron chi connectivity index (χ4n) is 4.21. The first-order chi connectivity index (χ1) is 17.5. The normalized spacial score (nSPS) is 12.7. The molecule has 1 N–H and O–H groups in total. The molecular weight excluding hydrogens is 513 g/mol. The maximum atomic E-state index is 13.5. The summed E-state index contributed by atoms with van der Waals surface area (Å²) in [5.74, 6) is -0.575. The second kappa shape index (κ2) is 10.4. The number of aliphatic hydroxyl groups excluding tert-OH is 1. The van der Waals surface area contributed by atoms with Gasteiger partial charge in [0.15, 0.2) is 11.2 Å². The molecule has 12 heteroatoms. The lowest BCUT2D eigenvalue weighted by Crippen LogP contribution is -2.40. The average molecular weight is 537 g/mol. The fourth-order valence-corrected chi connectivity index (χ4v) is 4.33. The molecule has 1 atom stereocenters. The van der Waals surface area contributed by atoms with Crippen LogP contribution in [0.5, 0.6) is 5.75 Å². The summed E-state index contributed by atoms with van der Waals surface area (Å²) in [7, 11) is 1.49. The molecule has 1 unspecified atom stereocenters. The average Bonchev–Trinajstić information content (AvgIpc) is 3.22. The van der Waals surface area contributed by atoms with E-state index < -0.39 is 23.5 Å². The Bertz CT molecular complexity index is 1540. The first kappa shape index (κ1) is 26.5. The highest BCUT2D eigenvalue weighted by Crippen LogP contribution is 2.31. The van der Waals surface area contributed by atoms with Crippen molar-refractivity contribution in [1.82, 2.24) is 18.7 Å². The molecule has 0 aliphatic rings.